The summed E-state index contributed by atoms with van der Waals surface area (Å²) >= 11 is 1.55. The highest BCUT2D eigenvalue weighted by Crippen LogP contribution is 2.26. The van der Waals surface area contributed by atoms with Crippen molar-refractivity contribution in [2.45, 2.75) is 13.3 Å². The molecule has 19 heavy (non-hydrogen) atoms. The summed E-state index contributed by atoms with van der Waals surface area (Å²) in [6.45, 7) is 2.84. The van der Waals surface area contributed by atoms with E-state index in [1.165, 1.54) is 0 Å². The Kier molecular flexibility index (Phi) is 3.13. The molecule has 0 atom stereocenters. The van der Waals surface area contributed by atoms with Gasteiger partial charge in [0.2, 0.25) is 0 Å². The molecule has 5 heteroatoms. The van der Waals surface area contributed by atoms with Crippen LogP contribution in [0.3, 0.4) is 0 Å². The van der Waals surface area contributed by atoms with Crippen LogP contribution < -0.4 is 10.5 Å². The van der Waals surface area contributed by atoms with Crippen molar-refractivity contribution >= 4 is 22.1 Å². The van der Waals surface area contributed by atoms with Gasteiger partial charge in [0, 0.05) is 17.1 Å². The van der Waals surface area contributed by atoms with Crippen molar-refractivity contribution in [2.75, 3.05) is 12.3 Å². The number of nitrogens with zero attached hydrogens (tertiary/aromatic N) is 2. The highest BCUT2D eigenvalue weighted by atomic mass is 32.1. The Balaban J connectivity index is 1.88. The standard InChI is InChI=1S/C14H15N3OS/c1-2-7-18-11-5-3-10(4-6-11)12-8-17-13(15)9-19-14(17)16-12/h3-6,8-9H,2,7,15H2,1H3. The molecule has 2 aromatic heterocycles. The Morgan fingerprint density at radius 1 is 1.32 bits per heavy atom. The van der Waals surface area contributed by atoms with E-state index in [9.17, 15) is 0 Å². The summed E-state index contributed by atoms with van der Waals surface area (Å²) in [5.74, 6) is 1.62. The fourth-order valence-electron chi connectivity index (χ4n) is 1.88. The first-order valence-electron chi connectivity index (χ1n) is 6.23. The fourth-order valence-corrected chi connectivity index (χ4v) is 2.64. The Morgan fingerprint density at radius 2 is 2.11 bits per heavy atom. The van der Waals surface area contributed by atoms with Crippen LogP contribution in [-0.2, 0) is 0 Å². The largest absolute Gasteiger partial charge is 0.494 e. The number of nitrogen functional groups attached to an aromatic ring is 1. The van der Waals surface area contributed by atoms with Crippen molar-refractivity contribution in [2.24, 2.45) is 0 Å². The van der Waals surface area contributed by atoms with E-state index in [1.807, 2.05) is 40.2 Å². The third-order valence-corrected chi connectivity index (χ3v) is 3.72. The maximum atomic E-state index is 5.86. The molecule has 0 radical (unpaired) electrons. The number of anilines is 1. The lowest BCUT2D eigenvalue weighted by Crippen LogP contribution is -1.94. The highest BCUT2D eigenvalue weighted by Gasteiger charge is 2.07. The monoisotopic (exact) mass is 273 g/mol. The maximum Gasteiger partial charge on any atom is 0.195 e. The second kappa shape index (κ2) is 4.93. The molecule has 0 fully saturated rings. The van der Waals surface area contributed by atoms with Gasteiger partial charge >= 0.3 is 0 Å². The van der Waals surface area contributed by atoms with Crippen LogP contribution in [0.15, 0.2) is 35.8 Å². The van der Waals surface area contributed by atoms with Crippen molar-refractivity contribution in [1.29, 1.82) is 0 Å². The zero-order valence-corrected chi connectivity index (χ0v) is 11.5. The topological polar surface area (TPSA) is 52.5 Å². The average molecular weight is 273 g/mol. The molecular weight excluding hydrogens is 258 g/mol. The summed E-state index contributed by atoms with van der Waals surface area (Å²) < 4.78 is 7.47. The second-order valence-electron chi connectivity index (χ2n) is 4.31. The molecular formula is C14H15N3OS. The zero-order valence-electron chi connectivity index (χ0n) is 10.7. The molecule has 0 amide bonds. The van der Waals surface area contributed by atoms with E-state index in [4.69, 9.17) is 10.5 Å². The van der Waals surface area contributed by atoms with Gasteiger partial charge in [0.25, 0.3) is 0 Å². The summed E-state index contributed by atoms with van der Waals surface area (Å²) in [5, 5.41) is 1.90. The SMILES string of the molecule is CCCOc1ccc(-c2cn3c(N)csc3n2)cc1. The predicted molar refractivity (Wildman–Crippen MR) is 78.7 cm³/mol. The molecule has 0 aliphatic carbocycles. The molecule has 0 bridgehead atoms. The van der Waals surface area contributed by atoms with Crippen molar-refractivity contribution in [3.8, 4) is 17.0 Å². The number of ether oxygens (including phenoxy) is 1. The molecule has 0 saturated carbocycles. The number of hydrogen-bond acceptors (Lipinski definition) is 4. The van der Waals surface area contributed by atoms with E-state index in [2.05, 4.69) is 11.9 Å². The highest BCUT2D eigenvalue weighted by molar-refractivity contribution is 7.15. The van der Waals surface area contributed by atoms with Crippen LogP contribution in [0.5, 0.6) is 5.75 Å². The summed E-state index contributed by atoms with van der Waals surface area (Å²) in [7, 11) is 0. The minimum absolute atomic E-state index is 0.724. The van der Waals surface area contributed by atoms with Gasteiger partial charge in [-0.15, -0.1) is 11.3 Å². The normalized spacial score (nSPS) is 11.0. The van der Waals surface area contributed by atoms with Crippen LogP contribution >= 0.6 is 11.3 Å². The lowest BCUT2D eigenvalue weighted by Gasteiger charge is -2.04. The van der Waals surface area contributed by atoms with Gasteiger partial charge in [-0.1, -0.05) is 6.92 Å². The number of rotatable bonds is 4. The summed E-state index contributed by atoms with van der Waals surface area (Å²) in [6, 6.07) is 7.99. The van der Waals surface area contributed by atoms with Crippen molar-refractivity contribution in [3.05, 3.63) is 35.8 Å². The second-order valence-corrected chi connectivity index (χ2v) is 5.15. The Labute approximate surface area is 115 Å². The molecule has 3 aromatic rings. The minimum Gasteiger partial charge on any atom is -0.494 e. The van der Waals surface area contributed by atoms with Crippen LogP contribution in [0.4, 0.5) is 5.82 Å². The van der Waals surface area contributed by atoms with E-state index in [0.29, 0.717) is 0 Å². The first kappa shape index (κ1) is 12.0. The third-order valence-electron chi connectivity index (χ3n) is 2.86. The molecule has 4 nitrogen and oxygen atoms in total. The third kappa shape index (κ3) is 2.29. The first-order chi connectivity index (χ1) is 9.28. The van der Waals surface area contributed by atoms with E-state index in [1.54, 1.807) is 11.3 Å². The molecule has 3 rings (SSSR count). The van der Waals surface area contributed by atoms with E-state index in [0.717, 1.165) is 40.8 Å². The Bertz CT molecular complexity index is 684. The van der Waals surface area contributed by atoms with Gasteiger partial charge < -0.3 is 10.5 Å². The number of hydrogen-bond donors (Lipinski definition) is 1. The molecule has 0 aliphatic rings. The summed E-state index contributed by atoms with van der Waals surface area (Å²) in [5.41, 5.74) is 7.86. The number of benzene rings is 1. The van der Waals surface area contributed by atoms with Crippen LogP contribution in [0.25, 0.3) is 16.2 Å². The van der Waals surface area contributed by atoms with E-state index < -0.39 is 0 Å². The smallest absolute Gasteiger partial charge is 0.195 e. The molecule has 0 unspecified atom stereocenters. The number of fused-ring (bicyclic) bond motifs is 1. The van der Waals surface area contributed by atoms with Gasteiger partial charge in [-0.25, -0.2) is 4.98 Å². The van der Waals surface area contributed by atoms with Gasteiger partial charge in [-0.05, 0) is 30.7 Å². The van der Waals surface area contributed by atoms with Crippen molar-refractivity contribution < 1.29 is 4.74 Å². The lowest BCUT2D eigenvalue weighted by atomic mass is 10.2. The summed E-state index contributed by atoms with van der Waals surface area (Å²) in [4.78, 5) is 5.47. The van der Waals surface area contributed by atoms with Gasteiger partial charge in [-0.2, -0.15) is 0 Å². The van der Waals surface area contributed by atoms with Crippen LogP contribution in [0.1, 0.15) is 13.3 Å². The Morgan fingerprint density at radius 3 is 2.79 bits per heavy atom. The number of thiazole rings is 1. The van der Waals surface area contributed by atoms with Crippen LogP contribution in [0.2, 0.25) is 0 Å². The van der Waals surface area contributed by atoms with Gasteiger partial charge in [0.05, 0.1) is 12.3 Å². The number of imidazole rings is 1. The average Bonchev–Trinajstić information content (AvgIpc) is 3.00. The molecule has 2 N–H and O–H groups in total. The first-order valence-corrected chi connectivity index (χ1v) is 7.11. The number of aromatic nitrogens is 2. The molecule has 1 aromatic carbocycles. The lowest BCUT2D eigenvalue weighted by molar-refractivity contribution is 0.317. The van der Waals surface area contributed by atoms with Gasteiger partial charge in [0.1, 0.15) is 11.6 Å². The maximum absolute atomic E-state index is 5.86. The number of nitrogens with two attached hydrogens (primary N) is 1. The van der Waals surface area contributed by atoms with Crippen LogP contribution in [0, 0.1) is 0 Å². The van der Waals surface area contributed by atoms with Crippen molar-refractivity contribution in [1.82, 2.24) is 9.38 Å². The predicted octanol–water partition coefficient (Wildman–Crippen LogP) is 3.43. The Hall–Kier alpha value is -2.01. The van der Waals surface area contributed by atoms with Crippen molar-refractivity contribution in [3.63, 3.8) is 0 Å². The molecule has 2 heterocycles. The quantitative estimate of drug-likeness (QED) is 0.792. The fraction of sp³-hybridized carbons (Fsp3) is 0.214. The molecule has 0 spiro atoms. The summed E-state index contributed by atoms with van der Waals surface area (Å²) in [6.07, 6.45) is 2.97. The van der Waals surface area contributed by atoms with Gasteiger partial charge in [0.15, 0.2) is 4.96 Å². The van der Waals surface area contributed by atoms with Gasteiger partial charge in [-0.3, -0.25) is 4.40 Å². The molecule has 0 aliphatic heterocycles. The minimum atomic E-state index is 0.724. The van der Waals surface area contributed by atoms with E-state index in [-0.39, 0.29) is 0 Å². The van der Waals surface area contributed by atoms with E-state index >= 15 is 0 Å². The zero-order chi connectivity index (χ0) is 13.2. The van der Waals surface area contributed by atoms with Crippen LogP contribution in [-0.4, -0.2) is 16.0 Å². The molecule has 0 saturated heterocycles. The molecule has 98 valence electrons.